The van der Waals surface area contributed by atoms with Crippen molar-refractivity contribution in [2.75, 3.05) is 0 Å². The Kier molecular flexibility index (Phi) is 7.36. The van der Waals surface area contributed by atoms with E-state index in [-0.39, 0.29) is 0 Å². The van der Waals surface area contributed by atoms with E-state index in [9.17, 15) is 4.79 Å². The maximum atomic E-state index is 10.7. The molecule has 0 aliphatic rings. The zero-order chi connectivity index (χ0) is 10.1. The van der Waals surface area contributed by atoms with Crippen molar-refractivity contribution in [3.8, 4) is 0 Å². The molecule has 0 aromatic heterocycles. The van der Waals surface area contributed by atoms with Gasteiger partial charge in [0.05, 0.1) is 0 Å². The molecule has 0 aliphatic heterocycles. The largest absolute Gasteiger partial charge is 0.478 e. The molecule has 0 spiro atoms. The first-order chi connectivity index (χ1) is 6.22. The van der Waals surface area contributed by atoms with Crippen molar-refractivity contribution in [2.24, 2.45) is 0 Å². The van der Waals surface area contributed by atoms with Crippen LogP contribution in [-0.4, -0.2) is 11.1 Å². The summed E-state index contributed by atoms with van der Waals surface area (Å²) in [5.41, 5.74) is 0.582. The number of rotatable bonds is 7. The second kappa shape index (κ2) is 7.84. The third-order valence-electron chi connectivity index (χ3n) is 2.02. The van der Waals surface area contributed by atoms with Crippen LogP contribution in [0.4, 0.5) is 0 Å². The van der Waals surface area contributed by atoms with E-state index in [2.05, 4.69) is 6.92 Å². The Morgan fingerprint density at radius 1 is 1.23 bits per heavy atom. The molecule has 1 N–H and O–H groups in total. The first kappa shape index (κ1) is 12.2. The Morgan fingerprint density at radius 3 is 2.38 bits per heavy atom. The number of allylic oxidation sites excluding steroid dienone is 1. The molecule has 0 saturated heterocycles. The first-order valence-electron chi connectivity index (χ1n) is 5.14. The molecule has 0 fully saturated rings. The van der Waals surface area contributed by atoms with Crippen molar-refractivity contribution in [2.45, 2.75) is 52.4 Å². The second-order valence-electron chi connectivity index (χ2n) is 3.25. The average molecular weight is 184 g/mol. The lowest BCUT2D eigenvalue weighted by Gasteiger charge is -2.01. The fraction of sp³-hybridized carbons (Fsp3) is 0.727. The normalized spacial score (nSPS) is 11.7. The highest BCUT2D eigenvalue weighted by Gasteiger charge is 2.04. The third kappa shape index (κ3) is 6.38. The van der Waals surface area contributed by atoms with Crippen LogP contribution in [0.3, 0.4) is 0 Å². The molecule has 0 radical (unpaired) electrons. The SMILES string of the molecule is CC/C=C(/CCCCCC)C(=O)O. The highest BCUT2D eigenvalue weighted by molar-refractivity contribution is 5.86. The molecule has 0 heterocycles. The smallest absolute Gasteiger partial charge is 0.331 e. The van der Waals surface area contributed by atoms with Gasteiger partial charge in [0, 0.05) is 5.57 Å². The van der Waals surface area contributed by atoms with Crippen molar-refractivity contribution in [3.63, 3.8) is 0 Å². The monoisotopic (exact) mass is 184 g/mol. The van der Waals surface area contributed by atoms with Crippen molar-refractivity contribution < 1.29 is 9.90 Å². The van der Waals surface area contributed by atoms with Crippen LogP contribution >= 0.6 is 0 Å². The zero-order valence-corrected chi connectivity index (χ0v) is 8.68. The van der Waals surface area contributed by atoms with Crippen molar-refractivity contribution in [3.05, 3.63) is 11.6 Å². The number of unbranched alkanes of at least 4 members (excludes halogenated alkanes) is 3. The highest BCUT2D eigenvalue weighted by atomic mass is 16.4. The highest BCUT2D eigenvalue weighted by Crippen LogP contribution is 2.10. The molecule has 0 aromatic carbocycles. The molecule has 0 bridgehead atoms. The van der Waals surface area contributed by atoms with Gasteiger partial charge in [-0.2, -0.15) is 0 Å². The second-order valence-corrected chi connectivity index (χ2v) is 3.25. The van der Waals surface area contributed by atoms with E-state index in [4.69, 9.17) is 5.11 Å². The molecule has 0 amide bonds. The summed E-state index contributed by atoms with van der Waals surface area (Å²) in [6, 6.07) is 0. The van der Waals surface area contributed by atoms with Crippen LogP contribution in [0.25, 0.3) is 0 Å². The molecule has 2 heteroatoms. The van der Waals surface area contributed by atoms with E-state index in [1.165, 1.54) is 12.8 Å². The van der Waals surface area contributed by atoms with Crippen LogP contribution in [0, 0.1) is 0 Å². The minimum absolute atomic E-state index is 0.582. The Balaban J connectivity index is 3.71. The third-order valence-corrected chi connectivity index (χ3v) is 2.02. The lowest BCUT2D eigenvalue weighted by atomic mass is 10.1. The Hall–Kier alpha value is -0.790. The number of carbonyl (C=O) groups is 1. The Labute approximate surface area is 80.7 Å². The minimum Gasteiger partial charge on any atom is -0.478 e. The zero-order valence-electron chi connectivity index (χ0n) is 8.68. The predicted molar refractivity (Wildman–Crippen MR) is 54.8 cm³/mol. The van der Waals surface area contributed by atoms with Gasteiger partial charge in [-0.1, -0.05) is 39.2 Å². The summed E-state index contributed by atoms with van der Waals surface area (Å²) < 4.78 is 0. The van der Waals surface area contributed by atoms with Gasteiger partial charge in [0.15, 0.2) is 0 Å². The van der Waals surface area contributed by atoms with Crippen LogP contribution in [0.15, 0.2) is 11.6 Å². The van der Waals surface area contributed by atoms with Gasteiger partial charge in [-0.15, -0.1) is 0 Å². The predicted octanol–water partition coefficient (Wildman–Crippen LogP) is 3.38. The maximum Gasteiger partial charge on any atom is 0.331 e. The lowest BCUT2D eigenvalue weighted by Crippen LogP contribution is -2.00. The van der Waals surface area contributed by atoms with Crippen molar-refractivity contribution in [1.29, 1.82) is 0 Å². The van der Waals surface area contributed by atoms with Gasteiger partial charge in [0.1, 0.15) is 0 Å². The molecular formula is C11H20O2. The van der Waals surface area contributed by atoms with Crippen molar-refractivity contribution in [1.82, 2.24) is 0 Å². The number of carboxylic acid groups (broad SMARTS) is 1. The van der Waals surface area contributed by atoms with Crippen LogP contribution in [0.1, 0.15) is 52.4 Å². The van der Waals surface area contributed by atoms with Crippen LogP contribution < -0.4 is 0 Å². The van der Waals surface area contributed by atoms with Gasteiger partial charge in [0.2, 0.25) is 0 Å². The summed E-state index contributed by atoms with van der Waals surface area (Å²) >= 11 is 0. The Bertz CT molecular complexity index is 171. The summed E-state index contributed by atoms with van der Waals surface area (Å²) in [6.07, 6.45) is 7.91. The average Bonchev–Trinajstić information content (AvgIpc) is 2.10. The number of aliphatic carboxylic acids is 1. The van der Waals surface area contributed by atoms with Gasteiger partial charge < -0.3 is 5.11 Å². The molecule has 2 nitrogen and oxygen atoms in total. The first-order valence-corrected chi connectivity index (χ1v) is 5.14. The topological polar surface area (TPSA) is 37.3 Å². The quantitative estimate of drug-likeness (QED) is 0.486. The Morgan fingerprint density at radius 2 is 1.92 bits per heavy atom. The maximum absolute atomic E-state index is 10.7. The van der Waals surface area contributed by atoms with Gasteiger partial charge in [-0.05, 0) is 19.3 Å². The summed E-state index contributed by atoms with van der Waals surface area (Å²) in [5.74, 6) is -0.752. The standard InChI is InChI=1S/C11H20O2/c1-3-5-6-7-9-10(8-4-2)11(12)13/h8H,3-7,9H2,1-2H3,(H,12,13)/b10-8-. The molecule has 0 aromatic rings. The van der Waals surface area contributed by atoms with E-state index >= 15 is 0 Å². The fourth-order valence-corrected chi connectivity index (χ4v) is 1.28. The van der Waals surface area contributed by atoms with E-state index in [0.29, 0.717) is 5.57 Å². The summed E-state index contributed by atoms with van der Waals surface area (Å²) in [6.45, 7) is 4.12. The summed E-state index contributed by atoms with van der Waals surface area (Å²) in [5, 5.41) is 8.79. The summed E-state index contributed by atoms with van der Waals surface area (Å²) in [4.78, 5) is 10.7. The number of hydrogen-bond acceptors (Lipinski definition) is 1. The van der Waals surface area contributed by atoms with Crippen molar-refractivity contribution >= 4 is 5.97 Å². The molecule has 0 unspecified atom stereocenters. The number of hydrogen-bond donors (Lipinski definition) is 1. The lowest BCUT2D eigenvalue weighted by molar-refractivity contribution is -0.132. The van der Waals surface area contributed by atoms with Gasteiger partial charge in [0.25, 0.3) is 0 Å². The molecule has 13 heavy (non-hydrogen) atoms. The van der Waals surface area contributed by atoms with Crippen LogP contribution in [-0.2, 0) is 4.79 Å². The van der Waals surface area contributed by atoms with Gasteiger partial charge in [-0.25, -0.2) is 4.79 Å². The van der Waals surface area contributed by atoms with E-state index in [0.717, 1.165) is 25.7 Å². The summed E-state index contributed by atoms with van der Waals surface area (Å²) in [7, 11) is 0. The van der Waals surface area contributed by atoms with Crippen LogP contribution in [0.5, 0.6) is 0 Å². The van der Waals surface area contributed by atoms with E-state index in [1.807, 2.05) is 13.0 Å². The number of carboxylic acids is 1. The fourth-order valence-electron chi connectivity index (χ4n) is 1.28. The molecular weight excluding hydrogens is 164 g/mol. The molecule has 0 atom stereocenters. The van der Waals surface area contributed by atoms with Crippen LogP contribution in [0.2, 0.25) is 0 Å². The van der Waals surface area contributed by atoms with E-state index in [1.54, 1.807) is 0 Å². The molecule has 0 rings (SSSR count). The molecule has 0 saturated carbocycles. The molecule has 0 aliphatic carbocycles. The van der Waals surface area contributed by atoms with Gasteiger partial charge in [-0.3, -0.25) is 0 Å². The van der Waals surface area contributed by atoms with E-state index < -0.39 is 5.97 Å². The van der Waals surface area contributed by atoms with Gasteiger partial charge >= 0.3 is 5.97 Å². The molecule has 76 valence electrons. The minimum atomic E-state index is -0.752.